The van der Waals surface area contributed by atoms with E-state index in [2.05, 4.69) is 9.62 Å². The molecule has 1 N–H and O–H groups in total. The summed E-state index contributed by atoms with van der Waals surface area (Å²) in [4.78, 5) is 2.61. The van der Waals surface area contributed by atoms with E-state index in [-0.39, 0.29) is 10.4 Å². The molecule has 1 aromatic carbocycles. The minimum atomic E-state index is -3.64. The van der Waals surface area contributed by atoms with E-state index in [1.54, 1.807) is 12.1 Å². The van der Waals surface area contributed by atoms with Crippen molar-refractivity contribution in [2.45, 2.75) is 42.5 Å². The average Bonchev–Trinajstić information content (AvgIpc) is 2.73. The largest absolute Gasteiger partial charge is 0.493 e. The predicted octanol–water partition coefficient (Wildman–Crippen LogP) is 2.02. The molecule has 1 aromatic rings. The second-order valence-electron chi connectivity index (χ2n) is 7.23. The molecule has 0 aromatic heterocycles. The number of rotatable bonds is 7. The van der Waals surface area contributed by atoms with Crippen LogP contribution >= 0.6 is 0 Å². The normalized spacial score (nSPS) is 21.0. The number of nitrogens with one attached hydrogen (secondary N) is 1. The molecular formula is C19H30N2O5S. The van der Waals surface area contributed by atoms with Gasteiger partial charge in [0.15, 0.2) is 11.5 Å². The monoisotopic (exact) mass is 398 g/mol. The Balaban J connectivity index is 1.77. The van der Waals surface area contributed by atoms with Crippen molar-refractivity contribution in [1.82, 2.24) is 9.62 Å². The Hall–Kier alpha value is -1.35. The molecule has 1 heterocycles. The van der Waals surface area contributed by atoms with Crippen LogP contribution in [0.2, 0.25) is 0 Å². The van der Waals surface area contributed by atoms with Crippen molar-refractivity contribution in [3.63, 3.8) is 0 Å². The number of hydrogen-bond acceptors (Lipinski definition) is 6. The molecule has 1 aliphatic heterocycles. The lowest BCUT2D eigenvalue weighted by Crippen LogP contribution is -2.59. The van der Waals surface area contributed by atoms with Gasteiger partial charge in [-0.2, -0.15) is 0 Å². The van der Waals surface area contributed by atoms with Crippen LogP contribution in [-0.2, 0) is 14.8 Å². The van der Waals surface area contributed by atoms with Crippen molar-refractivity contribution in [2.24, 2.45) is 0 Å². The molecule has 27 heavy (non-hydrogen) atoms. The summed E-state index contributed by atoms with van der Waals surface area (Å²) in [5, 5.41) is 0. The maximum atomic E-state index is 12.9. The van der Waals surface area contributed by atoms with Crippen LogP contribution in [0, 0.1) is 0 Å². The molecule has 0 bridgehead atoms. The fraction of sp³-hybridized carbons (Fsp3) is 0.684. The molecule has 8 heteroatoms. The van der Waals surface area contributed by atoms with E-state index in [0.717, 1.165) is 38.8 Å². The Bertz CT molecular complexity index is 726. The zero-order valence-electron chi connectivity index (χ0n) is 16.2. The smallest absolute Gasteiger partial charge is 0.240 e. The second kappa shape index (κ2) is 8.77. The summed E-state index contributed by atoms with van der Waals surface area (Å²) in [5.41, 5.74) is -0.119. The first-order chi connectivity index (χ1) is 13.0. The van der Waals surface area contributed by atoms with Gasteiger partial charge in [-0.25, -0.2) is 13.1 Å². The van der Waals surface area contributed by atoms with Crippen molar-refractivity contribution < 1.29 is 22.6 Å². The zero-order chi connectivity index (χ0) is 19.3. The fourth-order valence-electron chi connectivity index (χ4n) is 4.15. The van der Waals surface area contributed by atoms with Gasteiger partial charge in [0.05, 0.1) is 32.3 Å². The summed E-state index contributed by atoms with van der Waals surface area (Å²) in [6.07, 6.45) is 5.52. The van der Waals surface area contributed by atoms with E-state index in [0.29, 0.717) is 31.3 Å². The summed E-state index contributed by atoms with van der Waals surface area (Å²) < 4.78 is 44.6. The van der Waals surface area contributed by atoms with E-state index in [4.69, 9.17) is 14.2 Å². The molecule has 0 unspecified atom stereocenters. The summed E-state index contributed by atoms with van der Waals surface area (Å²) >= 11 is 0. The SMILES string of the molecule is COc1ccc(S(=O)(=O)NCC2(N3CCOCC3)CCCCC2)cc1OC. The lowest BCUT2D eigenvalue weighted by molar-refractivity contribution is -0.0348. The van der Waals surface area contributed by atoms with Crippen LogP contribution in [0.25, 0.3) is 0 Å². The van der Waals surface area contributed by atoms with Crippen LogP contribution in [0.15, 0.2) is 23.1 Å². The summed E-state index contributed by atoms with van der Waals surface area (Å²) in [6, 6.07) is 4.67. The summed E-state index contributed by atoms with van der Waals surface area (Å²) in [7, 11) is -0.613. The van der Waals surface area contributed by atoms with Crippen molar-refractivity contribution in [2.75, 3.05) is 47.1 Å². The number of morpholine rings is 1. The van der Waals surface area contributed by atoms with Crippen LogP contribution in [-0.4, -0.2) is 65.9 Å². The molecule has 7 nitrogen and oxygen atoms in total. The van der Waals surface area contributed by atoms with Crippen molar-refractivity contribution in [3.05, 3.63) is 18.2 Å². The van der Waals surface area contributed by atoms with Crippen LogP contribution in [0.4, 0.5) is 0 Å². The van der Waals surface area contributed by atoms with Crippen molar-refractivity contribution >= 4 is 10.0 Å². The molecule has 1 saturated heterocycles. The molecule has 1 aliphatic carbocycles. The first-order valence-corrected chi connectivity index (χ1v) is 11.0. The molecule has 2 aliphatic rings. The lowest BCUT2D eigenvalue weighted by atomic mass is 9.80. The third kappa shape index (κ3) is 4.56. The number of nitrogens with zero attached hydrogens (tertiary/aromatic N) is 1. The van der Waals surface area contributed by atoms with Gasteiger partial charge in [0, 0.05) is 31.2 Å². The highest BCUT2D eigenvalue weighted by Crippen LogP contribution is 2.35. The second-order valence-corrected chi connectivity index (χ2v) is 8.99. The summed E-state index contributed by atoms with van der Waals surface area (Å²) in [5.74, 6) is 0.912. The Morgan fingerprint density at radius 3 is 2.37 bits per heavy atom. The quantitative estimate of drug-likeness (QED) is 0.757. The van der Waals surface area contributed by atoms with E-state index in [1.807, 2.05) is 0 Å². The maximum Gasteiger partial charge on any atom is 0.240 e. The highest BCUT2D eigenvalue weighted by atomic mass is 32.2. The predicted molar refractivity (Wildman–Crippen MR) is 103 cm³/mol. The van der Waals surface area contributed by atoms with Crippen molar-refractivity contribution in [1.29, 1.82) is 0 Å². The molecule has 0 radical (unpaired) electrons. The van der Waals surface area contributed by atoms with Gasteiger partial charge < -0.3 is 14.2 Å². The van der Waals surface area contributed by atoms with Crippen molar-refractivity contribution in [3.8, 4) is 11.5 Å². The molecule has 152 valence electrons. The van der Waals surface area contributed by atoms with Gasteiger partial charge in [-0.15, -0.1) is 0 Å². The van der Waals surface area contributed by atoms with Gasteiger partial charge in [-0.3, -0.25) is 4.90 Å². The van der Waals surface area contributed by atoms with Crippen LogP contribution in [0.3, 0.4) is 0 Å². The molecule has 0 spiro atoms. The molecule has 0 atom stereocenters. The molecule has 0 amide bonds. The third-order valence-corrected chi connectivity index (χ3v) is 7.12. The summed E-state index contributed by atoms with van der Waals surface area (Å²) in [6.45, 7) is 3.56. The van der Waals surface area contributed by atoms with E-state index >= 15 is 0 Å². The molecule has 2 fully saturated rings. The average molecular weight is 399 g/mol. The topological polar surface area (TPSA) is 77.1 Å². The number of sulfonamides is 1. The molecule has 1 saturated carbocycles. The number of methoxy groups -OCH3 is 2. The van der Waals surface area contributed by atoms with Crippen LogP contribution in [0.1, 0.15) is 32.1 Å². The number of benzene rings is 1. The van der Waals surface area contributed by atoms with E-state index in [9.17, 15) is 8.42 Å². The van der Waals surface area contributed by atoms with E-state index < -0.39 is 10.0 Å². The highest BCUT2D eigenvalue weighted by Gasteiger charge is 2.39. The van der Waals surface area contributed by atoms with Gasteiger partial charge >= 0.3 is 0 Å². The molecule has 3 rings (SSSR count). The lowest BCUT2D eigenvalue weighted by Gasteiger charge is -2.48. The first-order valence-electron chi connectivity index (χ1n) is 9.55. The number of hydrogen-bond donors (Lipinski definition) is 1. The minimum Gasteiger partial charge on any atom is -0.493 e. The fourth-order valence-corrected chi connectivity index (χ4v) is 5.28. The van der Waals surface area contributed by atoms with Crippen LogP contribution < -0.4 is 14.2 Å². The Labute approximate surface area is 162 Å². The standard InChI is InChI=1S/C19H30N2O5S/c1-24-17-7-6-16(14-18(17)25-2)27(22,23)20-15-19(8-4-3-5-9-19)21-10-12-26-13-11-21/h6-7,14,20H,3-5,8-13,15H2,1-2H3. The Kier molecular flexibility index (Phi) is 6.62. The van der Waals surface area contributed by atoms with Gasteiger partial charge in [0.1, 0.15) is 0 Å². The Morgan fingerprint density at radius 1 is 1.07 bits per heavy atom. The van der Waals surface area contributed by atoms with Gasteiger partial charge in [-0.1, -0.05) is 19.3 Å². The zero-order valence-corrected chi connectivity index (χ0v) is 17.0. The van der Waals surface area contributed by atoms with Crippen LogP contribution in [0.5, 0.6) is 11.5 Å². The minimum absolute atomic E-state index is 0.119. The van der Waals surface area contributed by atoms with Gasteiger partial charge in [0.25, 0.3) is 0 Å². The molecular weight excluding hydrogens is 368 g/mol. The first kappa shape index (κ1) is 20.4. The maximum absolute atomic E-state index is 12.9. The number of ether oxygens (including phenoxy) is 3. The highest BCUT2D eigenvalue weighted by molar-refractivity contribution is 7.89. The Morgan fingerprint density at radius 2 is 1.74 bits per heavy atom. The third-order valence-electron chi connectivity index (χ3n) is 5.72. The van der Waals surface area contributed by atoms with E-state index in [1.165, 1.54) is 26.7 Å². The van der Waals surface area contributed by atoms with Gasteiger partial charge in [-0.05, 0) is 25.0 Å². The van der Waals surface area contributed by atoms with Gasteiger partial charge in [0.2, 0.25) is 10.0 Å².